The number of carbonyl (C=O) groups excluding carboxylic acids is 2. The van der Waals surface area contributed by atoms with Crippen LogP contribution in [0.2, 0.25) is 0 Å². The normalized spacial score (nSPS) is 12.7. The molecule has 2 amide bonds. The molecule has 0 heterocycles. The molecule has 2 aromatic carbocycles. The summed E-state index contributed by atoms with van der Waals surface area (Å²) in [5.41, 5.74) is -0.151. The van der Waals surface area contributed by atoms with E-state index in [1.807, 2.05) is 20.8 Å². The van der Waals surface area contributed by atoms with Gasteiger partial charge in [-0.1, -0.05) is 24.3 Å². The summed E-state index contributed by atoms with van der Waals surface area (Å²) in [5.74, 6) is -1.32. The van der Waals surface area contributed by atoms with E-state index in [4.69, 9.17) is 4.74 Å². The van der Waals surface area contributed by atoms with Gasteiger partial charge in [-0.25, -0.2) is 8.70 Å². The average Bonchev–Trinajstić information content (AvgIpc) is 2.79. The van der Waals surface area contributed by atoms with E-state index in [1.165, 1.54) is 44.3 Å². The minimum Gasteiger partial charge on any atom is -0.497 e. The maximum absolute atomic E-state index is 14.7. The van der Waals surface area contributed by atoms with Crippen molar-refractivity contribution in [1.29, 1.82) is 0 Å². The van der Waals surface area contributed by atoms with E-state index in [2.05, 4.69) is 5.32 Å². The first kappa shape index (κ1) is 29.1. The van der Waals surface area contributed by atoms with Crippen molar-refractivity contribution in [3.8, 4) is 5.75 Å². The predicted molar refractivity (Wildman–Crippen MR) is 137 cm³/mol. The van der Waals surface area contributed by atoms with Gasteiger partial charge in [-0.3, -0.25) is 9.59 Å². The molecule has 2 rings (SSSR count). The summed E-state index contributed by atoms with van der Waals surface area (Å²) < 4.78 is 47.7. The van der Waals surface area contributed by atoms with Crippen LogP contribution in [-0.2, 0) is 26.3 Å². The molecule has 0 spiro atoms. The van der Waals surface area contributed by atoms with Crippen LogP contribution in [0.4, 0.5) is 10.1 Å². The maximum Gasteiger partial charge on any atom is 0.304 e. The van der Waals surface area contributed by atoms with Crippen LogP contribution in [0.1, 0.15) is 33.3 Å². The van der Waals surface area contributed by atoms with Gasteiger partial charge in [0.2, 0.25) is 11.8 Å². The van der Waals surface area contributed by atoms with Crippen molar-refractivity contribution in [3.63, 3.8) is 0 Å². The Labute approximate surface area is 213 Å². The summed E-state index contributed by atoms with van der Waals surface area (Å²) in [5, 5.41) is 2.85. The lowest BCUT2D eigenvalue weighted by Crippen LogP contribution is -2.55. The zero-order valence-corrected chi connectivity index (χ0v) is 22.6. The minimum absolute atomic E-state index is 0.00187. The Morgan fingerprint density at radius 2 is 1.72 bits per heavy atom. The van der Waals surface area contributed by atoms with Gasteiger partial charge in [-0.2, -0.15) is 12.7 Å². The zero-order valence-electron chi connectivity index (χ0n) is 21.8. The molecule has 0 aliphatic heterocycles. The van der Waals surface area contributed by atoms with E-state index in [-0.39, 0.29) is 12.2 Å². The Kier molecular flexibility index (Phi) is 9.44. The number of anilines is 1. The molecule has 0 bridgehead atoms. The molecule has 0 aliphatic carbocycles. The first-order valence-corrected chi connectivity index (χ1v) is 12.8. The Balaban J connectivity index is 2.50. The van der Waals surface area contributed by atoms with E-state index in [9.17, 15) is 22.4 Å². The lowest BCUT2D eigenvalue weighted by Gasteiger charge is -2.34. The largest absolute Gasteiger partial charge is 0.497 e. The van der Waals surface area contributed by atoms with Gasteiger partial charge in [0.15, 0.2) is 0 Å². The third-order valence-electron chi connectivity index (χ3n) is 5.29. The van der Waals surface area contributed by atoms with Crippen LogP contribution in [0.15, 0.2) is 48.5 Å². The van der Waals surface area contributed by atoms with Crippen LogP contribution in [0.5, 0.6) is 5.75 Å². The first-order valence-electron chi connectivity index (χ1n) is 11.4. The fraction of sp³-hybridized carbons (Fsp3) is 0.440. The molecule has 0 radical (unpaired) electrons. The van der Waals surface area contributed by atoms with Gasteiger partial charge in [-0.15, -0.1) is 0 Å². The standard InChI is InChI=1S/C25H35FN4O5S/c1-18(24(32)27-25(2,3)4)29(16-19-11-10-12-20(15-19)35-7)23(31)17-30(36(33,34)28(5)6)22-14-9-8-13-21(22)26/h8-15,18H,16-17H2,1-7H3,(H,27,32)/t18-/m1/s1. The number of para-hydroxylation sites is 1. The van der Waals surface area contributed by atoms with Crippen LogP contribution < -0.4 is 14.4 Å². The molecular formula is C25H35FN4O5S. The van der Waals surface area contributed by atoms with Crippen molar-refractivity contribution in [1.82, 2.24) is 14.5 Å². The van der Waals surface area contributed by atoms with Gasteiger partial charge < -0.3 is 15.0 Å². The first-order chi connectivity index (χ1) is 16.7. The molecule has 0 saturated heterocycles. The second-order valence-corrected chi connectivity index (χ2v) is 11.6. The van der Waals surface area contributed by atoms with E-state index < -0.39 is 46.0 Å². The summed E-state index contributed by atoms with van der Waals surface area (Å²) in [4.78, 5) is 27.9. The van der Waals surface area contributed by atoms with Gasteiger partial charge in [0.25, 0.3) is 0 Å². The summed E-state index contributed by atoms with van der Waals surface area (Å²) in [6.45, 7) is 6.30. The van der Waals surface area contributed by atoms with Crippen molar-refractivity contribution in [2.24, 2.45) is 0 Å². The van der Waals surface area contributed by atoms with Crippen LogP contribution >= 0.6 is 0 Å². The summed E-state index contributed by atoms with van der Waals surface area (Å²) in [6.07, 6.45) is 0. The summed E-state index contributed by atoms with van der Waals surface area (Å²) in [6, 6.07) is 11.3. The topological polar surface area (TPSA) is 99.3 Å². The molecule has 198 valence electrons. The number of methoxy groups -OCH3 is 1. The van der Waals surface area contributed by atoms with E-state index >= 15 is 0 Å². The molecule has 1 N–H and O–H groups in total. The number of hydrogen-bond acceptors (Lipinski definition) is 5. The van der Waals surface area contributed by atoms with Gasteiger partial charge in [-0.05, 0) is 57.5 Å². The number of amides is 2. The smallest absolute Gasteiger partial charge is 0.304 e. The number of ether oxygens (including phenoxy) is 1. The van der Waals surface area contributed by atoms with Crippen LogP contribution in [-0.4, -0.2) is 68.8 Å². The molecule has 11 heteroatoms. The van der Waals surface area contributed by atoms with Crippen molar-refractivity contribution >= 4 is 27.7 Å². The highest BCUT2D eigenvalue weighted by atomic mass is 32.2. The van der Waals surface area contributed by atoms with Crippen LogP contribution in [0.25, 0.3) is 0 Å². The fourth-order valence-electron chi connectivity index (χ4n) is 3.38. The fourth-order valence-corrected chi connectivity index (χ4v) is 4.44. The Hall–Kier alpha value is -3.18. The van der Waals surface area contributed by atoms with Gasteiger partial charge in [0.1, 0.15) is 24.2 Å². The Bertz CT molecular complexity index is 1180. The van der Waals surface area contributed by atoms with Crippen LogP contribution in [0, 0.1) is 5.82 Å². The van der Waals surface area contributed by atoms with Gasteiger partial charge in [0, 0.05) is 26.2 Å². The third kappa shape index (κ3) is 7.41. The lowest BCUT2D eigenvalue weighted by molar-refractivity contribution is -0.140. The monoisotopic (exact) mass is 522 g/mol. The maximum atomic E-state index is 14.7. The molecule has 36 heavy (non-hydrogen) atoms. The zero-order chi connectivity index (χ0) is 27.3. The lowest BCUT2D eigenvalue weighted by atomic mass is 10.1. The number of rotatable bonds is 10. The average molecular weight is 523 g/mol. The second kappa shape index (κ2) is 11.7. The van der Waals surface area contributed by atoms with Crippen molar-refractivity contribution in [2.75, 3.05) is 32.1 Å². The summed E-state index contributed by atoms with van der Waals surface area (Å²) in [7, 11) is -0.144. The molecule has 0 aromatic heterocycles. The molecule has 1 atom stereocenters. The van der Waals surface area contributed by atoms with E-state index in [0.29, 0.717) is 15.6 Å². The number of nitrogens with zero attached hydrogens (tertiary/aromatic N) is 3. The highest BCUT2D eigenvalue weighted by Crippen LogP contribution is 2.24. The number of halogens is 1. The van der Waals surface area contributed by atoms with Crippen LogP contribution in [0.3, 0.4) is 0 Å². The molecule has 0 fully saturated rings. The van der Waals surface area contributed by atoms with Gasteiger partial charge in [0.05, 0.1) is 12.8 Å². The number of nitrogens with one attached hydrogen (secondary N) is 1. The van der Waals surface area contributed by atoms with E-state index in [0.717, 1.165) is 10.4 Å². The highest BCUT2D eigenvalue weighted by molar-refractivity contribution is 7.90. The third-order valence-corrected chi connectivity index (χ3v) is 7.10. The Morgan fingerprint density at radius 1 is 1.08 bits per heavy atom. The number of benzene rings is 2. The second-order valence-electron chi connectivity index (χ2n) is 9.54. The summed E-state index contributed by atoms with van der Waals surface area (Å²) >= 11 is 0. The predicted octanol–water partition coefficient (Wildman–Crippen LogP) is 2.78. The van der Waals surface area contributed by atoms with Crippen molar-refractivity contribution in [3.05, 3.63) is 59.9 Å². The molecule has 0 unspecified atom stereocenters. The van der Waals surface area contributed by atoms with E-state index in [1.54, 1.807) is 31.2 Å². The molecular weight excluding hydrogens is 487 g/mol. The number of hydrogen-bond donors (Lipinski definition) is 1. The Morgan fingerprint density at radius 3 is 2.28 bits per heavy atom. The quantitative estimate of drug-likeness (QED) is 0.517. The molecule has 0 aliphatic rings. The van der Waals surface area contributed by atoms with Crippen molar-refractivity contribution in [2.45, 2.75) is 45.8 Å². The molecule has 9 nitrogen and oxygen atoms in total. The van der Waals surface area contributed by atoms with Gasteiger partial charge >= 0.3 is 10.2 Å². The number of carbonyl (C=O) groups is 2. The molecule has 2 aromatic rings. The minimum atomic E-state index is -4.24. The van der Waals surface area contributed by atoms with Crippen molar-refractivity contribution < 1.29 is 27.1 Å². The molecule has 0 saturated carbocycles. The highest BCUT2D eigenvalue weighted by Gasteiger charge is 2.34. The SMILES string of the molecule is COc1cccc(CN(C(=O)CN(c2ccccc2F)S(=O)(=O)N(C)C)[C@H](C)C(=O)NC(C)(C)C)c1.